The predicted molar refractivity (Wildman–Crippen MR) is 95.7 cm³/mol. The quantitative estimate of drug-likeness (QED) is 0.884. The molecule has 0 radical (unpaired) electrons. The van der Waals surface area contributed by atoms with Crippen molar-refractivity contribution in [3.8, 4) is 0 Å². The Labute approximate surface area is 145 Å². The molecule has 1 fully saturated rings. The Bertz CT molecular complexity index is 514. The monoisotopic (exact) mass is 356 g/mol. The molecule has 1 atom stereocenters. The molecule has 2 aromatic heterocycles. The number of hydrogen-bond donors (Lipinski definition) is 1. The summed E-state index contributed by atoms with van der Waals surface area (Å²) >= 11 is 3.44. The highest BCUT2D eigenvalue weighted by Gasteiger charge is 2.26. The standard InChI is InChI=1S/C16H20N2OS2.ClH/c19-16(13-4-1-7-17-10-13)18(11-14-5-2-8-20-14)12-15-6-3-9-21-15;/h2-3,5-6,8-9,13,17H,1,4,7,10-12H2;1H. The van der Waals surface area contributed by atoms with Crippen molar-refractivity contribution in [3.63, 3.8) is 0 Å². The maximum absolute atomic E-state index is 12.8. The van der Waals surface area contributed by atoms with E-state index in [0.29, 0.717) is 5.91 Å². The van der Waals surface area contributed by atoms with Crippen molar-refractivity contribution in [3.05, 3.63) is 44.8 Å². The third-order valence-corrected chi connectivity index (χ3v) is 5.53. The zero-order chi connectivity index (χ0) is 14.5. The number of nitrogens with one attached hydrogen (secondary N) is 1. The molecule has 1 aliphatic rings. The molecule has 3 heterocycles. The van der Waals surface area contributed by atoms with Gasteiger partial charge in [-0.05, 0) is 42.3 Å². The lowest BCUT2D eigenvalue weighted by Gasteiger charge is -2.29. The highest BCUT2D eigenvalue weighted by atomic mass is 35.5. The minimum absolute atomic E-state index is 0. The fourth-order valence-corrected chi connectivity index (χ4v) is 4.15. The molecule has 1 unspecified atom stereocenters. The van der Waals surface area contributed by atoms with Crippen LogP contribution in [0.25, 0.3) is 0 Å². The summed E-state index contributed by atoms with van der Waals surface area (Å²) in [7, 11) is 0. The molecule has 0 bridgehead atoms. The minimum Gasteiger partial charge on any atom is -0.332 e. The summed E-state index contributed by atoms with van der Waals surface area (Å²) < 4.78 is 0. The van der Waals surface area contributed by atoms with Crippen LogP contribution in [0.4, 0.5) is 0 Å². The Morgan fingerprint density at radius 1 is 1.18 bits per heavy atom. The largest absolute Gasteiger partial charge is 0.332 e. The maximum Gasteiger partial charge on any atom is 0.227 e. The van der Waals surface area contributed by atoms with E-state index in [1.807, 2.05) is 4.90 Å². The molecule has 22 heavy (non-hydrogen) atoms. The highest BCUT2D eigenvalue weighted by molar-refractivity contribution is 7.10. The summed E-state index contributed by atoms with van der Waals surface area (Å²) in [5.41, 5.74) is 0. The number of carbonyl (C=O) groups excluding carboxylic acids is 1. The average molecular weight is 357 g/mol. The van der Waals surface area contributed by atoms with E-state index < -0.39 is 0 Å². The number of piperidine rings is 1. The molecular formula is C16H21ClN2OS2. The van der Waals surface area contributed by atoms with Crippen LogP contribution in [0.3, 0.4) is 0 Å². The van der Waals surface area contributed by atoms with Crippen LogP contribution in [0, 0.1) is 5.92 Å². The highest BCUT2D eigenvalue weighted by Crippen LogP contribution is 2.21. The normalized spacial score (nSPS) is 17.7. The summed E-state index contributed by atoms with van der Waals surface area (Å²) in [5.74, 6) is 0.433. The summed E-state index contributed by atoms with van der Waals surface area (Å²) in [5, 5.41) is 7.50. The van der Waals surface area contributed by atoms with Crippen LogP contribution in [0.2, 0.25) is 0 Å². The molecule has 0 spiro atoms. The summed E-state index contributed by atoms with van der Waals surface area (Å²) in [6, 6.07) is 8.32. The van der Waals surface area contributed by atoms with Crippen LogP contribution >= 0.6 is 35.1 Å². The van der Waals surface area contributed by atoms with Crippen LogP contribution in [-0.2, 0) is 17.9 Å². The number of thiophene rings is 2. The first-order chi connectivity index (χ1) is 10.3. The van der Waals surface area contributed by atoms with Gasteiger partial charge in [-0.2, -0.15) is 0 Å². The number of rotatable bonds is 5. The van der Waals surface area contributed by atoms with Crippen molar-refractivity contribution in [2.24, 2.45) is 5.92 Å². The van der Waals surface area contributed by atoms with Crippen molar-refractivity contribution in [1.82, 2.24) is 10.2 Å². The maximum atomic E-state index is 12.8. The number of amides is 1. The van der Waals surface area contributed by atoms with E-state index in [2.05, 4.69) is 40.3 Å². The van der Waals surface area contributed by atoms with E-state index >= 15 is 0 Å². The molecular weight excluding hydrogens is 336 g/mol. The molecule has 0 aromatic carbocycles. The molecule has 1 amide bonds. The average Bonchev–Trinajstić information content (AvgIpc) is 3.20. The van der Waals surface area contributed by atoms with Crippen LogP contribution in [-0.4, -0.2) is 23.9 Å². The number of halogens is 1. The van der Waals surface area contributed by atoms with Crippen LogP contribution in [0.15, 0.2) is 35.0 Å². The Morgan fingerprint density at radius 3 is 2.27 bits per heavy atom. The molecule has 120 valence electrons. The van der Waals surface area contributed by atoms with Gasteiger partial charge in [-0.3, -0.25) is 4.79 Å². The van der Waals surface area contributed by atoms with Gasteiger partial charge < -0.3 is 10.2 Å². The third kappa shape index (κ3) is 4.56. The second-order valence-electron chi connectivity index (χ2n) is 5.40. The molecule has 1 aliphatic heterocycles. The van der Waals surface area contributed by atoms with Crippen molar-refractivity contribution in [1.29, 1.82) is 0 Å². The van der Waals surface area contributed by atoms with Gasteiger partial charge in [-0.1, -0.05) is 12.1 Å². The topological polar surface area (TPSA) is 32.3 Å². The van der Waals surface area contributed by atoms with Gasteiger partial charge in [0.15, 0.2) is 0 Å². The smallest absolute Gasteiger partial charge is 0.227 e. The van der Waals surface area contributed by atoms with Crippen LogP contribution < -0.4 is 5.32 Å². The first-order valence-corrected chi connectivity index (χ1v) is 9.13. The zero-order valence-corrected chi connectivity index (χ0v) is 14.8. The molecule has 1 N–H and O–H groups in total. The molecule has 0 aliphatic carbocycles. The van der Waals surface area contributed by atoms with Gasteiger partial charge in [0.25, 0.3) is 0 Å². The second-order valence-corrected chi connectivity index (χ2v) is 7.46. The SMILES string of the molecule is Cl.O=C(C1CCCNC1)N(Cc1cccs1)Cc1cccs1. The van der Waals surface area contributed by atoms with Crippen LogP contribution in [0.1, 0.15) is 22.6 Å². The van der Waals surface area contributed by atoms with E-state index in [0.717, 1.165) is 39.0 Å². The molecule has 1 saturated heterocycles. The lowest BCUT2D eigenvalue weighted by Crippen LogP contribution is -2.42. The van der Waals surface area contributed by atoms with E-state index in [9.17, 15) is 4.79 Å². The van der Waals surface area contributed by atoms with E-state index in [4.69, 9.17) is 0 Å². The molecule has 2 aromatic rings. The Kier molecular flexibility index (Phi) is 6.89. The first kappa shape index (κ1) is 17.5. The number of nitrogens with zero attached hydrogens (tertiary/aromatic N) is 1. The van der Waals surface area contributed by atoms with Gasteiger partial charge in [0, 0.05) is 16.3 Å². The van der Waals surface area contributed by atoms with Gasteiger partial charge >= 0.3 is 0 Å². The fourth-order valence-electron chi connectivity index (χ4n) is 2.71. The molecule has 6 heteroatoms. The fraction of sp³-hybridized carbons (Fsp3) is 0.438. The lowest BCUT2D eigenvalue weighted by molar-refractivity contribution is -0.137. The van der Waals surface area contributed by atoms with E-state index in [1.165, 1.54) is 9.75 Å². The van der Waals surface area contributed by atoms with Crippen molar-refractivity contribution < 1.29 is 4.79 Å². The van der Waals surface area contributed by atoms with E-state index in [1.54, 1.807) is 22.7 Å². The first-order valence-electron chi connectivity index (χ1n) is 7.37. The van der Waals surface area contributed by atoms with Crippen molar-refractivity contribution >= 4 is 41.0 Å². The molecule has 0 saturated carbocycles. The molecule has 3 nitrogen and oxygen atoms in total. The van der Waals surface area contributed by atoms with Gasteiger partial charge in [0.2, 0.25) is 5.91 Å². The predicted octanol–water partition coefficient (Wildman–Crippen LogP) is 3.76. The van der Waals surface area contributed by atoms with Gasteiger partial charge in [-0.15, -0.1) is 35.1 Å². The Morgan fingerprint density at radius 2 is 1.82 bits per heavy atom. The minimum atomic E-state index is 0. The lowest BCUT2D eigenvalue weighted by atomic mass is 9.98. The second kappa shape index (κ2) is 8.67. The summed E-state index contributed by atoms with van der Waals surface area (Å²) in [6.45, 7) is 3.32. The third-order valence-electron chi connectivity index (χ3n) is 3.81. The molecule has 3 rings (SSSR count). The van der Waals surface area contributed by atoms with Crippen molar-refractivity contribution in [2.45, 2.75) is 25.9 Å². The van der Waals surface area contributed by atoms with Gasteiger partial charge in [-0.25, -0.2) is 0 Å². The Balaban J connectivity index is 0.00000176. The summed E-state index contributed by atoms with van der Waals surface area (Å²) in [6.07, 6.45) is 2.11. The number of hydrogen-bond acceptors (Lipinski definition) is 4. The zero-order valence-electron chi connectivity index (χ0n) is 12.4. The Hall–Kier alpha value is -0.880. The van der Waals surface area contributed by atoms with Gasteiger partial charge in [0.05, 0.1) is 19.0 Å². The summed E-state index contributed by atoms with van der Waals surface area (Å²) in [4.78, 5) is 17.4. The number of carbonyl (C=O) groups is 1. The van der Waals surface area contributed by atoms with E-state index in [-0.39, 0.29) is 18.3 Å². The van der Waals surface area contributed by atoms with Gasteiger partial charge in [0.1, 0.15) is 0 Å². The van der Waals surface area contributed by atoms with Crippen LogP contribution in [0.5, 0.6) is 0 Å². The van der Waals surface area contributed by atoms with Crippen molar-refractivity contribution in [2.75, 3.05) is 13.1 Å².